The summed E-state index contributed by atoms with van der Waals surface area (Å²) in [4.78, 5) is 11.2. The van der Waals surface area contributed by atoms with Gasteiger partial charge in [0.1, 0.15) is 5.54 Å². The van der Waals surface area contributed by atoms with Gasteiger partial charge in [-0.3, -0.25) is 4.79 Å². The van der Waals surface area contributed by atoms with Gasteiger partial charge in [-0.2, -0.15) is 0 Å². The maximum Gasteiger partial charge on any atom is 0.323 e. The van der Waals surface area contributed by atoms with Crippen LogP contribution in [0.15, 0.2) is 0 Å². The SMILES string of the molecule is CCCCCCOCCC1CCCC1(N)C(=O)O. The zero-order chi connectivity index (χ0) is 13.4. The van der Waals surface area contributed by atoms with E-state index in [9.17, 15) is 9.90 Å². The minimum atomic E-state index is -1.01. The van der Waals surface area contributed by atoms with Crippen molar-refractivity contribution in [1.82, 2.24) is 0 Å². The molecule has 1 saturated carbocycles. The molecule has 0 spiro atoms. The second kappa shape index (κ2) is 7.74. The standard InChI is InChI=1S/C14H27NO3/c1-2-3-4-5-10-18-11-8-12-7-6-9-14(12,15)13(16)17/h12H,2-11,15H2,1H3,(H,16,17). The molecule has 2 unspecified atom stereocenters. The molecule has 4 heteroatoms. The van der Waals surface area contributed by atoms with E-state index in [0.29, 0.717) is 13.0 Å². The lowest BCUT2D eigenvalue weighted by molar-refractivity contribution is -0.145. The molecule has 2 atom stereocenters. The molecule has 0 heterocycles. The third-order valence-electron chi connectivity index (χ3n) is 4.02. The van der Waals surface area contributed by atoms with Gasteiger partial charge in [0.05, 0.1) is 0 Å². The molecule has 0 amide bonds. The van der Waals surface area contributed by atoms with Crippen LogP contribution >= 0.6 is 0 Å². The summed E-state index contributed by atoms with van der Waals surface area (Å²) < 4.78 is 5.57. The normalized spacial score (nSPS) is 27.6. The number of carbonyl (C=O) groups is 1. The summed E-state index contributed by atoms with van der Waals surface area (Å²) in [5.74, 6) is -0.779. The first-order valence-electron chi connectivity index (χ1n) is 7.21. The number of carboxylic acids is 1. The van der Waals surface area contributed by atoms with Gasteiger partial charge in [-0.1, -0.05) is 32.6 Å². The second-order valence-electron chi connectivity index (χ2n) is 5.40. The molecule has 0 saturated heterocycles. The van der Waals surface area contributed by atoms with Crippen molar-refractivity contribution in [2.75, 3.05) is 13.2 Å². The summed E-state index contributed by atoms with van der Waals surface area (Å²) in [6.45, 7) is 3.62. The van der Waals surface area contributed by atoms with Gasteiger partial charge < -0.3 is 15.6 Å². The maximum absolute atomic E-state index is 11.2. The number of hydrogen-bond donors (Lipinski definition) is 2. The molecule has 0 aromatic carbocycles. The number of hydrogen-bond acceptors (Lipinski definition) is 3. The molecule has 0 aromatic heterocycles. The first kappa shape index (κ1) is 15.4. The number of aliphatic carboxylic acids is 1. The van der Waals surface area contributed by atoms with Gasteiger partial charge in [0.15, 0.2) is 0 Å². The van der Waals surface area contributed by atoms with Gasteiger partial charge in [0, 0.05) is 13.2 Å². The van der Waals surface area contributed by atoms with E-state index in [0.717, 1.165) is 32.3 Å². The van der Waals surface area contributed by atoms with E-state index in [1.807, 2.05) is 0 Å². The van der Waals surface area contributed by atoms with E-state index in [-0.39, 0.29) is 5.92 Å². The van der Waals surface area contributed by atoms with Crippen molar-refractivity contribution in [3.8, 4) is 0 Å². The topological polar surface area (TPSA) is 72.5 Å². The molecule has 1 rings (SSSR count). The third kappa shape index (κ3) is 4.25. The molecular formula is C14H27NO3. The van der Waals surface area contributed by atoms with Crippen LogP contribution in [0.1, 0.15) is 58.3 Å². The Morgan fingerprint density at radius 3 is 2.83 bits per heavy atom. The Kier molecular flexibility index (Phi) is 6.65. The Morgan fingerprint density at radius 1 is 1.39 bits per heavy atom. The fourth-order valence-corrected chi connectivity index (χ4v) is 2.74. The van der Waals surface area contributed by atoms with Crippen molar-refractivity contribution < 1.29 is 14.6 Å². The van der Waals surface area contributed by atoms with Crippen molar-refractivity contribution in [2.24, 2.45) is 11.7 Å². The molecule has 0 bridgehead atoms. The molecule has 3 N–H and O–H groups in total. The molecule has 1 fully saturated rings. The van der Waals surface area contributed by atoms with Crippen molar-refractivity contribution in [3.05, 3.63) is 0 Å². The van der Waals surface area contributed by atoms with E-state index < -0.39 is 11.5 Å². The van der Waals surface area contributed by atoms with Gasteiger partial charge in [-0.25, -0.2) is 0 Å². The Bertz CT molecular complexity index is 257. The molecule has 1 aliphatic rings. The van der Waals surface area contributed by atoms with Crippen molar-refractivity contribution in [1.29, 1.82) is 0 Å². The number of unbranched alkanes of at least 4 members (excludes halogenated alkanes) is 3. The second-order valence-corrected chi connectivity index (χ2v) is 5.40. The minimum Gasteiger partial charge on any atom is -0.480 e. The summed E-state index contributed by atoms with van der Waals surface area (Å²) in [5, 5.41) is 9.18. The number of nitrogens with two attached hydrogens (primary N) is 1. The quantitative estimate of drug-likeness (QED) is 0.623. The Labute approximate surface area is 110 Å². The van der Waals surface area contributed by atoms with Crippen LogP contribution in [0, 0.1) is 5.92 Å². The highest BCUT2D eigenvalue weighted by Crippen LogP contribution is 2.36. The molecule has 1 aliphatic carbocycles. The predicted octanol–water partition coefficient (Wildman–Crippen LogP) is 2.56. The number of rotatable bonds is 9. The van der Waals surface area contributed by atoms with Crippen LogP contribution in [0.2, 0.25) is 0 Å². The lowest BCUT2D eigenvalue weighted by Crippen LogP contribution is -2.51. The van der Waals surface area contributed by atoms with Crippen LogP contribution in [-0.2, 0) is 9.53 Å². The van der Waals surface area contributed by atoms with Gasteiger partial charge >= 0.3 is 5.97 Å². The van der Waals surface area contributed by atoms with E-state index >= 15 is 0 Å². The molecule has 18 heavy (non-hydrogen) atoms. The van der Waals surface area contributed by atoms with Crippen molar-refractivity contribution >= 4 is 5.97 Å². The zero-order valence-corrected chi connectivity index (χ0v) is 11.5. The van der Waals surface area contributed by atoms with Crippen LogP contribution in [0.25, 0.3) is 0 Å². The predicted molar refractivity (Wildman–Crippen MR) is 71.5 cm³/mol. The summed E-state index contributed by atoms with van der Waals surface area (Å²) in [6, 6.07) is 0. The largest absolute Gasteiger partial charge is 0.480 e. The van der Waals surface area contributed by atoms with Crippen LogP contribution < -0.4 is 5.73 Å². The molecule has 0 aromatic rings. The lowest BCUT2D eigenvalue weighted by atomic mass is 9.86. The van der Waals surface area contributed by atoms with Gasteiger partial charge in [-0.05, 0) is 31.6 Å². The van der Waals surface area contributed by atoms with Gasteiger partial charge in [0.25, 0.3) is 0 Å². The summed E-state index contributed by atoms with van der Waals surface area (Å²) >= 11 is 0. The summed E-state index contributed by atoms with van der Waals surface area (Å²) in [5.41, 5.74) is 4.96. The van der Waals surface area contributed by atoms with Crippen LogP contribution in [0.4, 0.5) is 0 Å². The average Bonchev–Trinajstić information content (AvgIpc) is 2.71. The van der Waals surface area contributed by atoms with E-state index in [2.05, 4.69) is 6.92 Å². The highest BCUT2D eigenvalue weighted by molar-refractivity contribution is 5.79. The van der Waals surface area contributed by atoms with E-state index in [1.54, 1.807) is 0 Å². The maximum atomic E-state index is 11.2. The first-order valence-corrected chi connectivity index (χ1v) is 7.21. The molecule has 106 valence electrons. The first-order chi connectivity index (χ1) is 8.61. The van der Waals surface area contributed by atoms with Crippen LogP contribution in [-0.4, -0.2) is 29.8 Å². The Hall–Kier alpha value is -0.610. The van der Waals surface area contributed by atoms with Crippen LogP contribution in [0.5, 0.6) is 0 Å². The molecule has 0 aliphatic heterocycles. The number of ether oxygens (including phenoxy) is 1. The fraction of sp³-hybridized carbons (Fsp3) is 0.929. The van der Waals surface area contributed by atoms with E-state index in [4.69, 9.17) is 10.5 Å². The van der Waals surface area contributed by atoms with Crippen molar-refractivity contribution in [2.45, 2.75) is 63.8 Å². The highest BCUT2D eigenvalue weighted by Gasteiger charge is 2.45. The molecule has 4 nitrogen and oxygen atoms in total. The Balaban J connectivity index is 2.13. The van der Waals surface area contributed by atoms with Crippen molar-refractivity contribution in [3.63, 3.8) is 0 Å². The van der Waals surface area contributed by atoms with Gasteiger partial charge in [-0.15, -0.1) is 0 Å². The average molecular weight is 257 g/mol. The lowest BCUT2D eigenvalue weighted by Gasteiger charge is -2.26. The fourth-order valence-electron chi connectivity index (χ4n) is 2.74. The smallest absolute Gasteiger partial charge is 0.323 e. The monoisotopic (exact) mass is 257 g/mol. The highest BCUT2D eigenvalue weighted by atomic mass is 16.5. The van der Waals surface area contributed by atoms with E-state index in [1.165, 1.54) is 19.3 Å². The van der Waals surface area contributed by atoms with Crippen LogP contribution in [0.3, 0.4) is 0 Å². The minimum absolute atomic E-state index is 0.0747. The molecular weight excluding hydrogens is 230 g/mol. The summed E-state index contributed by atoms with van der Waals surface area (Å²) in [7, 11) is 0. The third-order valence-corrected chi connectivity index (χ3v) is 4.02. The molecule has 0 radical (unpaired) electrons. The number of carboxylic acid groups (broad SMARTS) is 1. The summed E-state index contributed by atoms with van der Waals surface area (Å²) in [6.07, 6.45) is 8.03. The Morgan fingerprint density at radius 2 is 2.17 bits per heavy atom. The zero-order valence-electron chi connectivity index (χ0n) is 11.5. The van der Waals surface area contributed by atoms with Gasteiger partial charge in [0.2, 0.25) is 0 Å².